The van der Waals surface area contributed by atoms with Gasteiger partial charge in [-0.3, -0.25) is 4.79 Å². The molecule has 0 heterocycles. The summed E-state index contributed by atoms with van der Waals surface area (Å²) in [6.07, 6.45) is 3.24. The van der Waals surface area contributed by atoms with Gasteiger partial charge in [0.25, 0.3) is 0 Å². The van der Waals surface area contributed by atoms with Gasteiger partial charge in [0.2, 0.25) is 5.91 Å². The number of hydrogen-bond acceptors (Lipinski definition) is 1. The van der Waals surface area contributed by atoms with E-state index in [-0.39, 0.29) is 11.8 Å². The molecular formula is C15H20ClNO. The molecule has 1 saturated carbocycles. The first-order valence-electron chi connectivity index (χ1n) is 6.63. The van der Waals surface area contributed by atoms with Crippen molar-refractivity contribution in [2.45, 2.75) is 37.5 Å². The molecule has 0 aliphatic heterocycles. The maximum atomic E-state index is 12.0. The lowest BCUT2D eigenvalue weighted by molar-refractivity contribution is -0.122. The summed E-state index contributed by atoms with van der Waals surface area (Å²) in [5.41, 5.74) is 1.07. The summed E-state index contributed by atoms with van der Waals surface area (Å²) < 4.78 is 0. The van der Waals surface area contributed by atoms with E-state index in [0.29, 0.717) is 11.3 Å². The Morgan fingerprint density at radius 2 is 2.11 bits per heavy atom. The van der Waals surface area contributed by atoms with Gasteiger partial charge in [0.05, 0.1) is 5.92 Å². The Kier molecular flexibility index (Phi) is 4.65. The Balaban J connectivity index is 1.81. The van der Waals surface area contributed by atoms with Crippen LogP contribution in [-0.4, -0.2) is 17.8 Å². The molecule has 3 heteroatoms. The lowest BCUT2D eigenvalue weighted by atomic mass is 10.00. The van der Waals surface area contributed by atoms with Crippen LogP contribution in [0.4, 0.5) is 0 Å². The van der Waals surface area contributed by atoms with Gasteiger partial charge in [-0.25, -0.2) is 0 Å². The molecule has 1 N–H and O–H groups in total. The van der Waals surface area contributed by atoms with Gasteiger partial charge in [-0.05, 0) is 37.7 Å². The van der Waals surface area contributed by atoms with Crippen molar-refractivity contribution in [3.05, 3.63) is 35.9 Å². The second-order valence-electron chi connectivity index (χ2n) is 5.15. The number of benzene rings is 1. The minimum Gasteiger partial charge on any atom is -0.355 e. The molecule has 0 bridgehead atoms. The van der Waals surface area contributed by atoms with E-state index in [2.05, 4.69) is 5.32 Å². The molecule has 1 fully saturated rings. The van der Waals surface area contributed by atoms with Crippen LogP contribution in [0.1, 0.15) is 37.7 Å². The minimum atomic E-state index is -0.0839. The van der Waals surface area contributed by atoms with E-state index < -0.39 is 0 Å². The number of hydrogen-bond donors (Lipinski definition) is 1. The van der Waals surface area contributed by atoms with Crippen LogP contribution < -0.4 is 5.32 Å². The average molecular weight is 266 g/mol. The molecule has 1 aliphatic carbocycles. The molecule has 98 valence electrons. The summed E-state index contributed by atoms with van der Waals surface area (Å²) >= 11 is 6.07. The Labute approximate surface area is 114 Å². The standard InChI is InChI=1S/C15H20ClNO/c1-11(13-5-3-2-4-6-13)15(18)17-10-12-7-8-14(16)9-12/h2-6,11-12,14H,7-10H2,1H3,(H,17,18). The van der Waals surface area contributed by atoms with Crippen molar-refractivity contribution in [3.63, 3.8) is 0 Å². The predicted molar refractivity (Wildman–Crippen MR) is 74.8 cm³/mol. The SMILES string of the molecule is CC(C(=O)NCC1CCC(Cl)C1)c1ccccc1. The van der Waals surface area contributed by atoms with Crippen LogP contribution in [-0.2, 0) is 4.79 Å². The van der Waals surface area contributed by atoms with Gasteiger partial charge in [-0.15, -0.1) is 11.6 Å². The first kappa shape index (κ1) is 13.4. The highest BCUT2D eigenvalue weighted by Crippen LogP contribution is 2.28. The van der Waals surface area contributed by atoms with Crippen LogP contribution in [0.25, 0.3) is 0 Å². The number of carbonyl (C=O) groups is 1. The molecule has 2 rings (SSSR count). The first-order valence-corrected chi connectivity index (χ1v) is 7.07. The topological polar surface area (TPSA) is 29.1 Å². The highest BCUT2D eigenvalue weighted by molar-refractivity contribution is 6.20. The van der Waals surface area contributed by atoms with Crippen molar-refractivity contribution in [1.82, 2.24) is 5.32 Å². The minimum absolute atomic E-state index is 0.0839. The second-order valence-corrected chi connectivity index (χ2v) is 5.77. The van der Waals surface area contributed by atoms with Crippen molar-refractivity contribution >= 4 is 17.5 Å². The lowest BCUT2D eigenvalue weighted by Crippen LogP contribution is -2.31. The number of nitrogens with one attached hydrogen (secondary N) is 1. The number of halogens is 1. The summed E-state index contributed by atoms with van der Waals surface area (Å²) in [5.74, 6) is 0.582. The third-order valence-electron chi connectivity index (χ3n) is 3.74. The van der Waals surface area contributed by atoms with Gasteiger partial charge in [0.1, 0.15) is 0 Å². The van der Waals surface area contributed by atoms with Crippen LogP contribution in [0.5, 0.6) is 0 Å². The van der Waals surface area contributed by atoms with Gasteiger partial charge in [-0.2, -0.15) is 0 Å². The van der Waals surface area contributed by atoms with Crippen molar-refractivity contribution < 1.29 is 4.79 Å². The van der Waals surface area contributed by atoms with Crippen LogP contribution in [0.2, 0.25) is 0 Å². The third kappa shape index (κ3) is 3.49. The van der Waals surface area contributed by atoms with Crippen LogP contribution >= 0.6 is 11.6 Å². The van der Waals surface area contributed by atoms with Crippen LogP contribution in [0.15, 0.2) is 30.3 Å². The number of amides is 1. The molecule has 3 unspecified atom stereocenters. The van der Waals surface area contributed by atoms with E-state index >= 15 is 0 Å². The fraction of sp³-hybridized carbons (Fsp3) is 0.533. The number of alkyl halides is 1. The van der Waals surface area contributed by atoms with Crippen molar-refractivity contribution in [2.24, 2.45) is 5.92 Å². The molecule has 0 radical (unpaired) electrons. The molecule has 3 atom stereocenters. The molecular weight excluding hydrogens is 246 g/mol. The highest BCUT2D eigenvalue weighted by Gasteiger charge is 2.24. The van der Waals surface area contributed by atoms with Gasteiger partial charge >= 0.3 is 0 Å². The summed E-state index contributed by atoms with van der Waals surface area (Å²) in [6, 6.07) is 9.89. The van der Waals surface area contributed by atoms with E-state index in [1.165, 1.54) is 0 Å². The zero-order valence-electron chi connectivity index (χ0n) is 10.7. The largest absolute Gasteiger partial charge is 0.355 e. The lowest BCUT2D eigenvalue weighted by Gasteiger charge is -2.15. The van der Waals surface area contributed by atoms with Crippen molar-refractivity contribution in [1.29, 1.82) is 0 Å². The van der Waals surface area contributed by atoms with E-state index in [1.54, 1.807) is 0 Å². The monoisotopic (exact) mass is 265 g/mol. The van der Waals surface area contributed by atoms with E-state index in [0.717, 1.165) is 31.4 Å². The fourth-order valence-corrected chi connectivity index (χ4v) is 2.87. The average Bonchev–Trinajstić information content (AvgIpc) is 2.82. The molecule has 1 aromatic rings. The molecule has 0 aromatic heterocycles. The van der Waals surface area contributed by atoms with Gasteiger partial charge < -0.3 is 5.32 Å². The quantitative estimate of drug-likeness (QED) is 0.832. The summed E-state index contributed by atoms with van der Waals surface area (Å²) in [5, 5.41) is 3.35. The van der Waals surface area contributed by atoms with Crippen LogP contribution in [0.3, 0.4) is 0 Å². The number of rotatable bonds is 4. The Hall–Kier alpha value is -1.02. The molecule has 2 nitrogen and oxygen atoms in total. The molecule has 1 aliphatic rings. The zero-order chi connectivity index (χ0) is 13.0. The van der Waals surface area contributed by atoms with E-state index in [9.17, 15) is 4.79 Å². The van der Waals surface area contributed by atoms with E-state index in [4.69, 9.17) is 11.6 Å². The highest BCUT2D eigenvalue weighted by atomic mass is 35.5. The third-order valence-corrected chi connectivity index (χ3v) is 4.13. The fourth-order valence-electron chi connectivity index (χ4n) is 2.49. The van der Waals surface area contributed by atoms with E-state index in [1.807, 2.05) is 37.3 Å². The normalized spacial score (nSPS) is 24.8. The maximum absolute atomic E-state index is 12.0. The Morgan fingerprint density at radius 3 is 2.72 bits per heavy atom. The molecule has 0 saturated heterocycles. The maximum Gasteiger partial charge on any atom is 0.227 e. The second kappa shape index (κ2) is 6.24. The summed E-state index contributed by atoms with van der Waals surface area (Å²) in [6.45, 7) is 2.71. The molecule has 0 spiro atoms. The Bertz CT molecular complexity index is 393. The number of carbonyl (C=O) groups excluding carboxylic acids is 1. The molecule has 1 amide bonds. The molecule has 18 heavy (non-hydrogen) atoms. The van der Waals surface area contributed by atoms with Gasteiger partial charge in [-0.1, -0.05) is 30.3 Å². The van der Waals surface area contributed by atoms with Gasteiger partial charge in [0, 0.05) is 11.9 Å². The Morgan fingerprint density at radius 1 is 1.39 bits per heavy atom. The predicted octanol–water partition coefficient (Wildman–Crippen LogP) is 3.31. The smallest absolute Gasteiger partial charge is 0.227 e. The van der Waals surface area contributed by atoms with Crippen molar-refractivity contribution in [2.75, 3.05) is 6.54 Å². The summed E-state index contributed by atoms with van der Waals surface area (Å²) in [4.78, 5) is 12.0. The molecule has 1 aromatic carbocycles. The first-order chi connectivity index (χ1) is 8.66. The van der Waals surface area contributed by atoms with Crippen LogP contribution in [0, 0.1) is 5.92 Å². The zero-order valence-corrected chi connectivity index (χ0v) is 11.5. The van der Waals surface area contributed by atoms with Gasteiger partial charge in [0.15, 0.2) is 0 Å². The van der Waals surface area contributed by atoms with Crippen molar-refractivity contribution in [3.8, 4) is 0 Å². The summed E-state index contributed by atoms with van der Waals surface area (Å²) in [7, 11) is 0.